The van der Waals surface area contributed by atoms with Crippen LogP contribution in [0.25, 0.3) is 0 Å². The first kappa shape index (κ1) is 11.5. The van der Waals surface area contributed by atoms with Crippen molar-refractivity contribution in [1.82, 2.24) is 25.0 Å². The van der Waals surface area contributed by atoms with Crippen LogP contribution in [0.1, 0.15) is 25.6 Å². The molecule has 1 aliphatic rings. The number of piperidine rings is 1. The average molecular weight is 223 g/mol. The van der Waals surface area contributed by atoms with Gasteiger partial charge in [0.2, 0.25) is 0 Å². The highest BCUT2D eigenvalue weighted by atomic mass is 15.3. The first-order valence-corrected chi connectivity index (χ1v) is 6.09. The molecule has 1 unspecified atom stereocenters. The summed E-state index contributed by atoms with van der Waals surface area (Å²) in [6.07, 6.45) is 4.20. The minimum Gasteiger partial charge on any atom is -0.315 e. The number of hydrogen-bond donors (Lipinski definition) is 1. The first-order chi connectivity index (χ1) is 7.81. The zero-order valence-electron chi connectivity index (χ0n) is 10.2. The second kappa shape index (κ2) is 5.41. The maximum atomic E-state index is 4.31. The molecule has 1 fully saturated rings. The van der Waals surface area contributed by atoms with Crippen LogP contribution in [-0.2, 0) is 13.1 Å². The number of aromatic nitrogens is 3. The maximum absolute atomic E-state index is 4.31. The summed E-state index contributed by atoms with van der Waals surface area (Å²) >= 11 is 0. The molecule has 0 aromatic carbocycles. The summed E-state index contributed by atoms with van der Waals surface area (Å²) in [5, 5.41) is 7.64. The Kier molecular flexibility index (Phi) is 3.90. The van der Waals surface area contributed by atoms with Crippen molar-refractivity contribution in [1.29, 1.82) is 0 Å². The van der Waals surface area contributed by atoms with Gasteiger partial charge in [0, 0.05) is 19.1 Å². The molecule has 1 saturated heterocycles. The number of aryl methyl sites for hydroxylation is 1. The lowest BCUT2D eigenvalue weighted by atomic mass is 10.1. The number of rotatable bonds is 4. The van der Waals surface area contributed by atoms with Crippen molar-refractivity contribution in [3.05, 3.63) is 12.2 Å². The smallest absolute Gasteiger partial charge is 0.140 e. The fourth-order valence-electron chi connectivity index (χ4n) is 2.24. The van der Waals surface area contributed by atoms with Gasteiger partial charge < -0.3 is 5.32 Å². The van der Waals surface area contributed by atoms with Crippen LogP contribution in [0.15, 0.2) is 6.33 Å². The van der Waals surface area contributed by atoms with E-state index in [9.17, 15) is 0 Å². The van der Waals surface area contributed by atoms with Crippen molar-refractivity contribution in [3.8, 4) is 0 Å². The van der Waals surface area contributed by atoms with Crippen molar-refractivity contribution in [2.45, 2.75) is 38.9 Å². The van der Waals surface area contributed by atoms with Crippen LogP contribution >= 0.6 is 0 Å². The van der Waals surface area contributed by atoms with Gasteiger partial charge in [0.05, 0.1) is 6.54 Å². The molecule has 90 valence electrons. The first-order valence-electron chi connectivity index (χ1n) is 6.09. The Labute approximate surface area is 96.8 Å². The van der Waals surface area contributed by atoms with Crippen molar-refractivity contribution in [2.75, 3.05) is 20.1 Å². The molecule has 1 N–H and O–H groups in total. The highest BCUT2D eigenvalue weighted by molar-refractivity contribution is 4.86. The maximum Gasteiger partial charge on any atom is 0.140 e. The van der Waals surface area contributed by atoms with Gasteiger partial charge >= 0.3 is 0 Å². The monoisotopic (exact) mass is 223 g/mol. The summed E-state index contributed by atoms with van der Waals surface area (Å²) in [6.45, 7) is 6.14. The molecular formula is C11H21N5. The normalized spacial score (nSPS) is 21.6. The van der Waals surface area contributed by atoms with E-state index in [0.29, 0.717) is 6.04 Å². The third-order valence-electron chi connectivity index (χ3n) is 3.28. The second-order valence-electron chi connectivity index (χ2n) is 4.41. The lowest BCUT2D eigenvalue weighted by molar-refractivity contribution is 0.189. The highest BCUT2D eigenvalue weighted by Crippen LogP contribution is 2.11. The molecule has 16 heavy (non-hydrogen) atoms. The molecule has 5 heteroatoms. The molecular weight excluding hydrogens is 202 g/mol. The van der Waals surface area contributed by atoms with Crippen LogP contribution in [0, 0.1) is 0 Å². The van der Waals surface area contributed by atoms with Crippen LogP contribution in [0.2, 0.25) is 0 Å². The van der Waals surface area contributed by atoms with Gasteiger partial charge in [-0.2, -0.15) is 5.10 Å². The second-order valence-corrected chi connectivity index (χ2v) is 4.41. The topological polar surface area (TPSA) is 46.0 Å². The SMILES string of the molecule is CCn1ncnc1CN(C)C1CCCNC1. The van der Waals surface area contributed by atoms with Crippen molar-refractivity contribution < 1.29 is 0 Å². The third kappa shape index (κ3) is 2.59. The van der Waals surface area contributed by atoms with Crippen molar-refractivity contribution in [2.24, 2.45) is 0 Å². The Morgan fingerprint density at radius 2 is 2.50 bits per heavy atom. The van der Waals surface area contributed by atoms with Gasteiger partial charge in [-0.05, 0) is 33.4 Å². The Morgan fingerprint density at radius 3 is 3.19 bits per heavy atom. The summed E-state index contributed by atoms with van der Waals surface area (Å²) < 4.78 is 1.97. The Morgan fingerprint density at radius 1 is 1.62 bits per heavy atom. The molecule has 5 nitrogen and oxygen atoms in total. The largest absolute Gasteiger partial charge is 0.315 e. The molecule has 1 aromatic rings. The van der Waals surface area contributed by atoms with Crippen LogP contribution < -0.4 is 5.32 Å². The zero-order valence-corrected chi connectivity index (χ0v) is 10.2. The predicted octanol–water partition coefficient (Wildman–Crippen LogP) is 0.482. The predicted molar refractivity (Wildman–Crippen MR) is 63.1 cm³/mol. The van der Waals surface area contributed by atoms with E-state index in [-0.39, 0.29) is 0 Å². The van der Waals surface area contributed by atoms with Gasteiger partial charge in [-0.25, -0.2) is 9.67 Å². The summed E-state index contributed by atoms with van der Waals surface area (Å²) in [4.78, 5) is 6.69. The van der Waals surface area contributed by atoms with Crippen molar-refractivity contribution in [3.63, 3.8) is 0 Å². The molecule has 0 aliphatic carbocycles. The fraction of sp³-hybridized carbons (Fsp3) is 0.818. The summed E-state index contributed by atoms with van der Waals surface area (Å²) in [5.74, 6) is 1.07. The van der Waals surface area contributed by atoms with E-state index in [0.717, 1.165) is 32.0 Å². The number of hydrogen-bond acceptors (Lipinski definition) is 4. The number of nitrogens with zero attached hydrogens (tertiary/aromatic N) is 4. The standard InChI is InChI=1S/C11H21N5/c1-3-16-11(13-9-14-16)8-15(2)10-5-4-6-12-7-10/h9-10,12H,3-8H2,1-2H3. The number of nitrogens with one attached hydrogen (secondary N) is 1. The summed E-state index contributed by atoms with van der Waals surface area (Å²) in [7, 11) is 2.17. The molecule has 2 heterocycles. The van der Waals surface area contributed by atoms with Crippen LogP contribution in [-0.4, -0.2) is 45.8 Å². The van der Waals surface area contributed by atoms with Crippen LogP contribution in [0.5, 0.6) is 0 Å². The summed E-state index contributed by atoms with van der Waals surface area (Å²) in [6, 6.07) is 0.635. The number of likely N-dealkylation sites (N-methyl/N-ethyl adjacent to an activating group) is 1. The third-order valence-corrected chi connectivity index (χ3v) is 3.28. The lowest BCUT2D eigenvalue weighted by Crippen LogP contribution is -2.44. The van der Waals surface area contributed by atoms with E-state index in [1.807, 2.05) is 4.68 Å². The van der Waals surface area contributed by atoms with Crippen LogP contribution in [0.3, 0.4) is 0 Å². The lowest BCUT2D eigenvalue weighted by Gasteiger charge is -2.31. The Balaban J connectivity index is 1.93. The highest BCUT2D eigenvalue weighted by Gasteiger charge is 2.19. The minimum atomic E-state index is 0.635. The zero-order chi connectivity index (χ0) is 11.4. The Bertz CT molecular complexity index is 316. The molecule has 1 atom stereocenters. The van der Waals surface area contributed by atoms with E-state index < -0.39 is 0 Å². The van der Waals surface area contributed by atoms with E-state index in [2.05, 4.69) is 34.3 Å². The molecule has 1 aromatic heterocycles. The van der Waals surface area contributed by atoms with E-state index in [1.165, 1.54) is 12.8 Å². The van der Waals surface area contributed by atoms with Gasteiger partial charge in [0.1, 0.15) is 12.2 Å². The molecule has 0 saturated carbocycles. The Hall–Kier alpha value is -0.940. The van der Waals surface area contributed by atoms with Gasteiger partial charge in [-0.15, -0.1) is 0 Å². The molecule has 0 bridgehead atoms. The molecule has 2 rings (SSSR count). The van der Waals surface area contributed by atoms with Gasteiger partial charge in [-0.3, -0.25) is 4.90 Å². The van der Waals surface area contributed by atoms with Gasteiger partial charge in [-0.1, -0.05) is 0 Å². The quantitative estimate of drug-likeness (QED) is 0.806. The molecule has 1 aliphatic heterocycles. The molecule has 0 radical (unpaired) electrons. The molecule has 0 amide bonds. The minimum absolute atomic E-state index is 0.635. The average Bonchev–Trinajstić information content (AvgIpc) is 2.77. The van der Waals surface area contributed by atoms with Crippen molar-refractivity contribution >= 4 is 0 Å². The molecule has 0 spiro atoms. The van der Waals surface area contributed by atoms with E-state index >= 15 is 0 Å². The van der Waals surface area contributed by atoms with Crippen LogP contribution in [0.4, 0.5) is 0 Å². The fourth-order valence-corrected chi connectivity index (χ4v) is 2.24. The van der Waals surface area contributed by atoms with Gasteiger partial charge in [0.15, 0.2) is 0 Å². The van der Waals surface area contributed by atoms with Gasteiger partial charge in [0.25, 0.3) is 0 Å². The van der Waals surface area contributed by atoms with E-state index in [4.69, 9.17) is 0 Å². The summed E-state index contributed by atoms with van der Waals surface area (Å²) in [5.41, 5.74) is 0. The van der Waals surface area contributed by atoms with E-state index in [1.54, 1.807) is 6.33 Å².